The van der Waals surface area contributed by atoms with Crippen molar-refractivity contribution in [2.45, 2.75) is 12.0 Å². The van der Waals surface area contributed by atoms with Gasteiger partial charge in [0.05, 0.1) is 17.7 Å². The number of benzene rings is 1. The van der Waals surface area contributed by atoms with Gasteiger partial charge in [0.25, 0.3) is 5.91 Å². The number of nitrogens with two attached hydrogens (primary N) is 1. The summed E-state index contributed by atoms with van der Waals surface area (Å²) in [5.41, 5.74) is 6.54. The Bertz CT molecular complexity index is 1020. The molecule has 4 rings (SSSR count). The predicted octanol–water partition coefficient (Wildman–Crippen LogP) is 2.64. The van der Waals surface area contributed by atoms with Crippen LogP contribution in [0.2, 0.25) is 0 Å². The maximum Gasteiger partial charge on any atom is 0.274 e. The first kappa shape index (κ1) is 19.4. The van der Waals surface area contributed by atoms with Crippen molar-refractivity contribution in [3.8, 4) is 6.07 Å². The van der Waals surface area contributed by atoms with Crippen LogP contribution in [0, 0.1) is 23.1 Å². The van der Waals surface area contributed by atoms with E-state index in [2.05, 4.69) is 15.3 Å². The molecule has 2 aromatic rings. The van der Waals surface area contributed by atoms with Gasteiger partial charge in [-0.25, -0.2) is 9.37 Å². The van der Waals surface area contributed by atoms with Gasteiger partial charge in [-0.15, -0.1) is 0 Å². The lowest BCUT2D eigenvalue weighted by Gasteiger charge is -2.44. The number of carbonyl (C=O) groups excluding carboxylic acids is 1. The van der Waals surface area contributed by atoms with Crippen molar-refractivity contribution in [3.05, 3.63) is 59.2 Å². The lowest BCUT2D eigenvalue weighted by Crippen LogP contribution is -2.47. The molecule has 2 aliphatic rings. The smallest absolute Gasteiger partial charge is 0.274 e. The molecule has 3 heterocycles. The number of aliphatic imine (C=N–C) groups is 1. The highest BCUT2D eigenvalue weighted by atomic mass is 32.2. The van der Waals surface area contributed by atoms with E-state index in [9.17, 15) is 9.18 Å². The van der Waals surface area contributed by atoms with E-state index in [4.69, 9.17) is 15.7 Å². The quantitative estimate of drug-likeness (QED) is 0.803. The molecule has 9 heteroatoms. The summed E-state index contributed by atoms with van der Waals surface area (Å²) in [6.07, 6.45) is 1.85. The Kier molecular flexibility index (Phi) is 5.22. The van der Waals surface area contributed by atoms with Crippen molar-refractivity contribution < 1.29 is 13.9 Å². The first-order chi connectivity index (χ1) is 14.0. The summed E-state index contributed by atoms with van der Waals surface area (Å²) >= 11 is 1.44. The number of nitriles is 1. The number of aromatic nitrogens is 1. The van der Waals surface area contributed by atoms with Crippen LogP contribution in [-0.2, 0) is 10.3 Å². The number of anilines is 1. The van der Waals surface area contributed by atoms with Gasteiger partial charge >= 0.3 is 0 Å². The number of hydrogen-bond acceptors (Lipinski definition) is 7. The molecular weight excluding hydrogens is 393 g/mol. The minimum atomic E-state index is -0.800. The Morgan fingerprint density at radius 2 is 2.28 bits per heavy atom. The number of nitrogens with zero attached hydrogens (tertiary/aromatic N) is 3. The molecule has 29 heavy (non-hydrogen) atoms. The van der Waals surface area contributed by atoms with Crippen LogP contribution in [0.5, 0.6) is 0 Å². The monoisotopic (exact) mass is 411 g/mol. The summed E-state index contributed by atoms with van der Waals surface area (Å²) in [7, 11) is 0. The fourth-order valence-electron chi connectivity index (χ4n) is 3.68. The van der Waals surface area contributed by atoms with Crippen LogP contribution >= 0.6 is 11.8 Å². The van der Waals surface area contributed by atoms with E-state index < -0.39 is 17.3 Å². The van der Waals surface area contributed by atoms with Gasteiger partial charge in [0.1, 0.15) is 17.6 Å². The first-order valence-electron chi connectivity index (χ1n) is 9.05. The molecule has 3 N–H and O–H groups in total. The molecule has 0 bridgehead atoms. The number of fused-ring (bicyclic) bond motifs is 1. The minimum Gasteiger partial charge on any atom is -0.381 e. The van der Waals surface area contributed by atoms with Gasteiger partial charge in [-0.3, -0.25) is 9.79 Å². The molecule has 1 saturated heterocycles. The molecule has 1 amide bonds. The van der Waals surface area contributed by atoms with Gasteiger partial charge < -0.3 is 15.8 Å². The second kappa shape index (κ2) is 7.81. The van der Waals surface area contributed by atoms with Crippen molar-refractivity contribution in [2.24, 2.45) is 16.6 Å². The summed E-state index contributed by atoms with van der Waals surface area (Å²) in [5.74, 6) is -0.153. The fraction of sp³-hybridized carbons (Fsp3) is 0.300. The van der Waals surface area contributed by atoms with Gasteiger partial charge in [-0.1, -0.05) is 11.8 Å². The Hall–Kier alpha value is -2.96. The van der Waals surface area contributed by atoms with Crippen molar-refractivity contribution in [1.82, 2.24) is 4.98 Å². The Balaban J connectivity index is 1.66. The highest BCUT2D eigenvalue weighted by Crippen LogP contribution is 2.46. The Morgan fingerprint density at radius 1 is 1.41 bits per heavy atom. The van der Waals surface area contributed by atoms with E-state index in [0.717, 1.165) is 0 Å². The summed E-state index contributed by atoms with van der Waals surface area (Å²) in [5, 5.41) is 12.0. The number of halogens is 1. The molecule has 2 aliphatic heterocycles. The molecule has 0 saturated carbocycles. The molecular formula is C20H18FN5O2S. The van der Waals surface area contributed by atoms with E-state index in [-0.39, 0.29) is 11.6 Å². The summed E-state index contributed by atoms with van der Waals surface area (Å²) in [4.78, 5) is 21.1. The Labute approximate surface area is 171 Å². The zero-order valence-electron chi connectivity index (χ0n) is 15.4. The molecule has 2 atom stereocenters. The molecule has 0 aliphatic carbocycles. The van der Waals surface area contributed by atoms with Crippen LogP contribution in [-0.4, -0.2) is 35.0 Å². The average Bonchev–Trinajstić information content (AvgIpc) is 2.74. The number of carbonyl (C=O) groups is 1. The van der Waals surface area contributed by atoms with E-state index in [1.807, 2.05) is 6.07 Å². The number of amides is 1. The van der Waals surface area contributed by atoms with Crippen molar-refractivity contribution in [3.63, 3.8) is 0 Å². The number of pyridine rings is 1. The van der Waals surface area contributed by atoms with Crippen molar-refractivity contribution in [2.75, 3.05) is 24.3 Å². The van der Waals surface area contributed by atoms with Gasteiger partial charge in [0, 0.05) is 42.1 Å². The molecule has 0 unspecified atom stereocenters. The zero-order valence-corrected chi connectivity index (χ0v) is 16.2. The molecule has 1 aromatic carbocycles. The molecule has 0 spiro atoms. The van der Waals surface area contributed by atoms with Crippen LogP contribution in [0.3, 0.4) is 0 Å². The molecule has 148 valence electrons. The third-order valence-corrected chi connectivity index (χ3v) is 6.14. The molecule has 7 nitrogen and oxygen atoms in total. The van der Waals surface area contributed by atoms with Crippen LogP contribution in [0.4, 0.5) is 10.1 Å². The van der Waals surface area contributed by atoms with Crippen molar-refractivity contribution >= 4 is 28.5 Å². The van der Waals surface area contributed by atoms with Crippen LogP contribution < -0.4 is 11.1 Å². The van der Waals surface area contributed by atoms with E-state index in [1.54, 1.807) is 6.07 Å². The predicted molar refractivity (Wildman–Crippen MR) is 108 cm³/mol. The second-order valence-electron chi connectivity index (χ2n) is 6.90. The summed E-state index contributed by atoms with van der Waals surface area (Å²) in [6, 6.07) is 9.37. The van der Waals surface area contributed by atoms with Crippen LogP contribution in [0.1, 0.15) is 28.0 Å². The number of nitrogens with one attached hydrogen (secondary N) is 1. The van der Waals surface area contributed by atoms with Gasteiger partial charge in [0.2, 0.25) is 0 Å². The van der Waals surface area contributed by atoms with Crippen LogP contribution in [0.25, 0.3) is 0 Å². The minimum absolute atomic E-state index is 0.00538. The third-order valence-electron chi connectivity index (χ3n) is 5.18. The Morgan fingerprint density at radius 3 is 3.03 bits per heavy atom. The highest BCUT2D eigenvalue weighted by molar-refractivity contribution is 8.13. The largest absolute Gasteiger partial charge is 0.381 e. The second-order valence-corrected chi connectivity index (χ2v) is 7.94. The molecule has 1 aromatic heterocycles. The highest BCUT2D eigenvalue weighted by Gasteiger charge is 2.47. The topological polar surface area (TPSA) is 113 Å². The number of hydrogen-bond donors (Lipinski definition) is 2. The fourth-order valence-corrected chi connectivity index (χ4v) is 4.65. The molecule has 1 fully saturated rings. The standard InChI is InChI=1S/C20H18FN5O2S/c21-16-3-2-14(25-18(27)17-4-1-12(8-22)9-24-17)7-15(16)20-5-6-28-10-13(20)11-29-19(23)26-20/h1-4,7,9,13H,5-6,10-11H2,(H2,23,26)(H,25,27)/t13-,20+/m0/s1. The maximum atomic E-state index is 14.9. The lowest BCUT2D eigenvalue weighted by molar-refractivity contribution is 0.00886. The summed E-state index contributed by atoms with van der Waals surface area (Å²) < 4.78 is 20.5. The van der Waals surface area contributed by atoms with E-state index >= 15 is 0 Å². The lowest BCUT2D eigenvalue weighted by atomic mass is 9.75. The maximum absolute atomic E-state index is 14.9. The van der Waals surface area contributed by atoms with Gasteiger partial charge in [-0.2, -0.15) is 5.26 Å². The number of thioether (sulfide) groups is 1. The summed E-state index contributed by atoms with van der Waals surface area (Å²) in [6.45, 7) is 0.943. The third kappa shape index (κ3) is 3.69. The van der Waals surface area contributed by atoms with E-state index in [1.165, 1.54) is 42.2 Å². The van der Waals surface area contributed by atoms with Gasteiger partial charge in [0.15, 0.2) is 5.17 Å². The normalized spacial score (nSPS) is 23.4. The number of amidine groups is 1. The number of ether oxygens (including phenoxy) is 1. The first-order valence-corrected chi connectivity index (χ1v) is 10.0. The zero-order chi connectivity index (χ0) is 20.4. The number of rotatable bonds is 3. The van der Waals surface area contributed by atoms with Crippen LogP contribution in [0.15, 0.2) is 41.5 Å². The van der Waals surface area contributed by atoms with E-state index in [0.29, 0.717) is 47.4 Å². The van der Waals surface area contributed by atoms with Gasteiger partial charge in [-0.05, 0) is 30.3 Å². The molecule has 0 radical (unpaired) electrons. The average molecular weight is 411 g/mol. The SMILES string of the molecule is N#Cc1ccc(C(=O)Nc2ccc(F)c([C@@]34CCOC[C@H]3CSC(N)=N4)c2)nc1. The van der Waals surface area contributed by atoms with Crippen molar-refractivity contribution in [1.29, 1.82) is 5.26 Å².